The van der Waals surface area contributed by atoms with Gasteiger partial charge in [-0.2, -0.15) is 0 Å². The number of carbonyl (C=O) groups is 1. The molecule has 0 fully saturated rings. The highest BCUT2D eigenvalue weighted by Crippen LogP contribution is 2.18. The Hall–Kier alpha value is -1.38. The van der Waals surface area contributed by atoms with Crippen LogP contribution in [0, 0.1) is 0 Å². The standard InChI is InChI=1S/C14H21BrN4O2S/c1-10(21-12-6-4-5-11(15)9-12)13(20)17-18-14(22)16-7-8-19(2)3/h4-6,9-10H,7-8H2,1-3H3,(H,17,20)(H2,16,18,22)/t10-/m0/s1. The van der Waals surface area contributed by atoms with Gasteiger partial charge in [-0.25, -0.2) is 0 Å². The molecule has 122 valence electrons. The molecule has 0 unspecified atom stereocenters. The third kappa shape index (κ3) is 7.58. The molecule has 8 heteroatoms. The summed E-state index contributed by atoms with van der Waals surface area (Å²) >= 11 is 8.41. The van der Waals surface area contributed by atoms with Gasteiger partial charge < -0.3 is 15.0 Å². The lowest BCUT2D eigenvalue weighted by Gasteiger charge is -2.17. The van der Waals surface area contributed by atoms with Gasteiger partial charge in [-0.05, 0) is 51.4 Å². The van der Waals surface area contributed by atoms with Crippen LogP contribution in [0.3, 0.4) is 0 Å². The minimum atomic E-state index is -0.647. The molecule has 0 heterocycles. The van der Waals surface area contributed by atoms with Crippen LogP contribution in [0.4, 0.5) is 0 Å². The first-order valence-electron chi connectivity index (χ1n) is 6.79. The molecule has 1 aromatic rings. The average Bonchev–Trinajstić information content (AvgIpc) is 2.44. The van der Waals surface area contributed by atoms with Crippen molar-refractivity contribution in [2.75, 3.05) is 27.2 Å². The Kier molecular flexibility index (Phi) is 8.15. The fourth-order valence-corrected chi connectivity index (χ4v) is 1.99. The van der Waals surface area contributed by atoms with E-state index in [0.717, 1.165) is 11.0 Å². The van der Waals surface area contributed by atoms with Gasteiger partial charge in [-0.15, -0.1) is 0 Å². The quantitative estimate of drug-likeness (QED) is 0.503. The number of benzene rings is 1. The topological polar surface area (TPSA) is 65.6 Å². The van der Waals surface area contributed by atoms with Gasteiger partial charge in [-0.1, -0.05) is 22.0 Å². The van der Waals surface area contributed by atoms with Crippen LogP contribution in [0.15, 0.2) is 28.7 Å². The van der Waals surface area contributed by atoms with Crippen LogP contribution < -0.4 is 20.9 Å². The second kappa shape index (κ2) is 9.60. The summed E-state index contributed by atoms with van der Waals surface area (Å²) < 4.78 is 6.44. The van der Waals surface area contributed by atoms with Crippen molar-refractivity contribution in [2.24, 2.45) is 0 Å². The van der Waals surface area contributed by atoms with Crippen molar-refractivity contribution in [3.05, 3.63) is 28.7 Å². The van der Waals surface area contributed by atoms with Crippen LogP contribution in [0.25, 0.3) is 0 Å². The van der Waals surface area contributed by atoms with E-state index in [9.17, 15) is 4.79 Å². The van der Waals surface area contributed by atoms with Crippen molar-refractivity contribution in [1.29, 1.82) is 0 Å². The first kappa shape index (κ1) is 18.7. The van der Waals surface area contributed by atoms with Crippen LogP contribution in [0.5, 0.6) is 5.75 Å². The fraction of sp³-hybridized carbons (Fsp3) is 0.429. The molecule has 22 heavy (non-hydrogen) atoms. The van der Waals surface area contributed by atoms with Gasteiger partial charge in [0.1, 0.15) is 5.75 Å². The zero-order chi connectivity index (χ0) is 16.5. The molecule has 0 saturated heterocycles. The Balaban J connectivity index is 2.30. The van der Waals surface area contributed by atoms with E-state index in [2.05, 4.69) is 32.1 Å². The first-order chi connectivity index (χ1) is 10.4. The van der Waals surface area contributed by atoms with Gasteiger partial charge >= 0.3 is 0 Å². The van der Waals surface area contributed by atoms with E-state index in [1.807, 2.05) is 31.1 Å². The molecule has 0 aliphatic rings. The van der Waals surface area contributed by atoms with E-state index in [0.29, 0.717) is 17.4 Å². The van der Waals surface area contributed by atoms with E-state index in [4.69, 9.17) is 17.0 Å². The summed E-state index contributed by atoms with van der Waals surface area (Å²) in [7, 11) is 3.95. The number of nitrogens with zero attached hydrogens (tertiary/aromatic N) is 1. The smallest absolute Gasteiger partial charge is 0.279 e. The molecule has 0 aliphatic carbocycles. The normalized spacial score (nSPS) is 11.7. The molecule has 0 saturated carbocycles. The largest absolute Gasteiger partial charge is 0.481 e. The highest BCUT2D eigenvalue weighted by molar-refractivity contribution is 9.10. The van der Waals surface area contributed by atoms with Crippen molar-refractivity contribution in [3.8, 4) is 5.75 Å². The number of nitrogens with one attached hydrogen (secondary N) is 3. The minimum Gasteiger partial charge on any atom is -0.481 e. The molecule has 0 bridgehead atoms. The predicted molar refractivity (Wildman–Crippen MR) is 94.7 cm³/mol. The van der Waals surface area contributed by atoms with Crippen molar-refractivity contribution in [1.82, 2.24) is 21.1 Å². The molecule has 1 aromatic carbocycles. The van der Waals surface area contributed by atoms with Gasteiger partial charge in [0.2, 0.25) is 0 Å². The van der Waals surface area contributed by atoms with Crippen LogP contribution >= 0.6 is 28.1 Å². The van der Waals surface area contributed by atoms with Crippen LogP contribution in [-0.2, 0) is 4.79 Å². The maximum Gasteiger partial charge on any atom is 0.279 e. The van der Waals surface area contributed by atoms with Crippen LogP contribution in [-0.4, -0.2) is 49.2 Å². The van der Waals surface area contributed by atoms with Gasteiger partial charge in [-0.3, -0.25) is 15.6 Å². The SMILES string of the molecule is C[C@H](Oc1cccc(Br)c1)C(=O)NNC(=S)NCCN(C)C. The Bertz CT molecular complexity index is 513. The third-order valence-corrected chi connectivity index (χ3v) is 3.36. The lowest BCUT2D eigenvalue weighted by molar-refractivity contribution is -0.127. The molecule has 1 amide bonds. The highest BCUT2D eigenvalue weighted by Gasteiger charge is 2.14. The average molecular weight is 389 g/mol. The summed E-state index contributed by atoms with van der Waals surface area (Å²) in [5.74, 6) is 0.306. The monoisotopic (exact) mass is 388 g/mol. The number of likely N-dealkylation sites (N-methyl/N-ethyl adjacent to an activating group) is 1. The number of hydrogen-bond donors (Lipinski definition) is 3. The molecule has 1 atom stereocenters. The van der Waals surface area contributed by atoms with E-state index in [1.54, 1.807) is 19.1 Å². The predicted octanol–water partition coefficient (Wildman–Crippen LogP) is 1.27. The summed E-state index contributed by atoms with van der Waals surface area (Å²) in [6, 6.07) is 7.31. The van der Waals surface area contributed by atoms with E-state index in [1.165, 1.54) is 0 Å². The maximum absolute atomic E-state index is 11.9. The Labute approximate surface area is 144 Å². The Morgan fingerprint density at radius 2 is 2.14 bits per heavy atom. The molecule has 0 radical (unpaired) electrons. The fourth-order valence-electron chi connectivity index (χ4n) is 1.46. The molecular formula is C14H21BrN4O2S. The summed E-state index contributed by atoms with van der Waals surface area (Å²) in [6.07, 6.45) is -0.647. The zero-order valence-electron chi connectivity index (χ0n) is 12.9. The second-order valence-corrected chi connectivity index (χ2v) is 6.21. The summed E-state index contributed by atoms with van der Waals surface area (Å²) in [5.41, 5.74) is 5.16. The van der Waals surface area contributed by atoms with Crippen molar-refractivity contribution in [2.45, 2.75) is 13.0 Å². The molecule has 1 rings (SSSR count). The molecule has 0 aliphatic heterocycles. The van der Waals surface area contributed by atoms with E-state index in [-0.39, 0.29) is 5.91 Å². The Morgan fingerprint density at radius 3 is 2.77 bits per heavy atom. The van der Waals surface area contributed by atoms with Crippen molar-refractivity contribution < 1.29 is 9.53 Å². The molecule has 0 spiro atoms. The van der Waals surface area contributed by atoms with Crippen molar-refractivity contribution >= 4 is 39.2 Å². The second-order valence-electron chi connectivity index (χ2n) is 4.89. The van der Waals surface area contributed by atoms with Gasteiger partial charge in [0.15, 0.2) is 11.2 Å². The highest BCUT2D eigenvalue weighted by atomic mass is 79.9. The summed E-state index contributed by atoms with van der Waals surface area (Å²) in [4.78, 5) is 13.9. The van der Waals surface area contributed by atoms with Crippen LogP contribution in [0.1, 0.15) is 6.92 Å². The molecule has 3 N–H and O–H groups in total. The maximum atomic E-state index is 11.9. The van der Waals surface area contributed by atoms with Crippen LogP contribution in [0.2, 0.25) is 0 Å². The van der Waals surface area contributed by atoms with Gasteiger partial charge in [0.25, 0.3) is 5.91 Å². The molecule has 6 nitrogen and oxygen atoms in total. The molecular weight excluding hydrogens is 368 g/mol. The minimum absolute atomic E-state index is 0.309. The van der Waals surface area contributed by atoms with Crippen molar-refractivity contribution in [3.63, 3.8) is 0 Å². The Morgan fingerprint density at radius 1 is 1.41 bits per heavy atom. The molecule has 0 aromatic heterocycles. The number of ether oxygens (including phenoxy) is 1. The summed E-state index contributed by atoms with van der Waals surface area (Å²) in [5, 5.41) is 3.35. The number of hydrazine groups is 1. The number of thiocarbonyl (C=S) groups is 1. The van der Waals surface area contributed by atoms with Gasteiger partial charge in [0.05, 0.1) is 0 Å². The van der Waals surface area contributed by atoms with E-state index < -0.39 is 6.10 Å². The number of amides is 1. The number of hydrogen-bond acceptors (Lipinski definition) is 4. The third-order valence-electron chi connectivity index (χ3n) is 2.62. The lowest BCUT2D eigenvalue weighted by atomic mass is 10.3. The number of rotatable bonds is 6. The number of carbonyl (C=O) groups excluding carboxylic acids is 1. The summed E-state index contributed by atoms with van der Waals surface area (Å²) in [6.45, 7) is 3.21. The zero-order valence-corrected chi connectivity index (χ0v) is 15.3. The lowest BCUT2D eigenvalue weighted by Crippen LogP contribution is -2.51. The first-order valence-corrected chi connectivity index (χ1v) is 7.99. The van der Waals surface area contributed by atoms with Gasteiger partial charge in [0, 0.05) is 17.6 Å². The van der Waals surface area contributed by atoms with E-state index >= 15 is 0 Å². The number of halogens is 1.